The number of carboxylic acid groups (broad SMARTS) is 1. The minimum Gasteiger partial charge on any atom is -0.492 e. The average Bonchev–Trinajstić information content (AvgIpc) is 2.90. The van der Waals surface area contributed by atoms with Crippen molar-refractivity contribution in [3.05, 3.63) is 47.8 Å². The molecule has 1 aromatic heterocycles. The van der Waals surface area contributed by atoms with E-state index in [1.165, 1.54) is 18.3 Å². The van der Waals surface area contributed by atoms with E-state index in [-0.39, 0.29) is 11.5 Å². The summed E-state index contributed by atoms with van der Waals surface area (Å²) in [6.45, 7) is 0.632. The van der Waals surface area contributed by atoms with Crippen LogP contribution in [0.2, 0.25) is 0 Å². The summed E-state index contributed by atoms with van der Waals surface area (Å²) >= 11 is 0. The summed E-state index contributed by atoms with van der Waals surface area (Å²) in [5, 5.41) is 15.4. The number of nitrogens with zero attached hydrogens (tertiary/aromatic N) is 2. The molecule has 2 aromatic rings. The summed E-state index contributed by atoms with van der Waals surface area (Å²) in [7, 11) is 1.74. The summed E-state index contributed by atoms with van der Waals surface area (Å²) in [5.41, 5.74) is 0.690. The number of hydrogen-bond donors (Lipinski definition) is 2. The highest BCUT2D eigenvalue weighted by atomic mass is 16.5. The molecule has 0 radical (unpaired) electrons. The van der Waals surface area contributed by atoms with Crippen LogP contribution >= 0.6 is 0 Å². The maximum atomic E-state index is 11.7. The molecule has 0 fully saturated rings. The molecule has 0 atom stereocenters. The third-order valence-electron chi connectivity index (χ3n) is 2.72. The number of carboxylic acids is 1. The first kappa shape index (κ1) is 14.6. The Kier molecular flexibility index (Phi) is 4.55. The van der Waals surface area contributed by atoms with Crippen LogP contribution in [-0.2, 0) is 7.05 Å². The van der Waals surface area contributed by atoms with E-state index < -0.39 is 5.97 Å². The molecule has 0 aliphatic heterocycles. The maximum Gasteiger partial charge on any atom is 0.335 e. The number of nitrogens with one attached hydrogen (secondary N) is 1. The average molecular weight is 289 g/mol. The van der Waals surface area contributed by atoms with Gasteiger partial charge in [-0.05, 0) is 24.3 Å². The van der Waals surface area contributed by atoms with Crippen LogP contribution in [0.4, 0.5) is 0 Å². The van der Waals surface area contributed by atoms with E-state index in [9.17, 15) is 9.59 Å². The molecule has 0 unspecified atom stereocenters. The Hall–Kier alpha value is -2.83. The molecular weight excluding hydrogens is 274 g/mol. The molecule has 0 saturated carbocycles. The standard InChI is InChI=1S/C14H15N3O4/c1-17-9-11(8-16-17)13(18)15-6-7-21-12-4-2-10(3-5-12)14(19)20/h2-5,8-9H,6-7H2,1H3,(H,15,18)(H,19,20). The highest BCUT2D eigenvalue weighted by Crippen LogP contribution is 2.11. The van der Waals surface area contributed by atoms with Crippen LogP contribution in [0.3, 0.4) is 0 Å². The van der Waals surface area contributed by atoms with Crippen molar-refractivity contribution in [1.82, 2.24) is 15.1 Å². The van der Waals surface area contributed by atoms with Crippen molar-refractivity contribution in [3.63, 3.8) is 0 Å². The van der Waals surface area contributed by atoms with Crippen molar-refractivity contribution in [1.29, 1.82) is 0 Å². The number of benzene rings is 1. The lowest BCUT2D eigenvalue weighted by Gasteiger charge is -2.07. The van der Waals surface area contributed by atoms with Gasteiger partial charge in [0, 0.05) is 13.2 Å². The molecule has 0 saturated heterocycles. The van der Waals surface area contributed by atoms with Crippen molar-refractivity contribution in [2.75, 3.05) is 13.2 Å². The number of amides is 1. The van der Waals surface area contributed by atoms with Crippen LogP contribution in [0.15, 0.2) is 36.7 Å². The molecule has 0 aliphatic carbocycles. The smallest absolute Gasteiger partial charge is 0.335 e. The van der Waals surface area contributed by atoms with E-state index in [4.69, 9.17) is 9.84 Å². The van der Waals surface area contributed by atoms with E-state index in [1.807, 2.05) is 0 Å². The largest absolute Gasteiger partial charge is 0.492 e. The summed E-state index contributed by atoms with van der Waals surface area (Å²) in [6, 6.07) is 6.08. The van der Waals surface area contributed by atoms with Crippen molar-refractivity contribution in [2.24, 2.45) is 7.05 Å². The van der Waals surface area contributed by atoms with Gasteiger partial charge in [0.25, 0.3) is 5.91 Å². The van der Waals surface area contributed by atoms with E-state index in [0.717, 1.165) is 0 Å². The number of aryl methyl sites for hydroxylation is 1. The normalized spacial score (nSPS) is 10.1. The number of carbonyl (C=O) groups is 2. The molecule has 110 valence electrons. The predicted octanol–water partition coefficient (Wildman–Crippen LogP) is 0.927. The first-order valence-corrected chi connectivity index (χ1v) is 6.29. The molecule has 0 bridgehead atoms. The van der Waals surface area contributed by atoms with Gasteiger partial charge in [-0.1, -0.05) is 0 Å². The van der Waals surface area contributed by atoms with Gasteiger partial charge in [0.1, 0.15) is 12.4 Å². The predicted molar refractivity (Wildman–Crippen MR) is 74.4 cm³/mol. The van der Waals surface area contributed by atoms with E-state index in [2.05, 4.69) is 10.4 Å². The highest BCUT2D eigenvalue weighted by Gasteiger charge is 2.07. The van der Waals surface area contributed by atoms with Crippen LogP contribution in [0.25, 0.3) is 0 Å². The zero-order valence-corrected chi connectivity index (χ0v) is 11.4. The zero-order valence-electron chi connectivity index (χ0n) is 11.4. The monoisotopic (exact) mass is 289 g/mol. The number of ether oxygens (including phenoxy) is 1. The van der Waals surface area contributed by atoms with Gasteiger partial charge in [-0.3, -0.25) is 9.48 Å². The second kappa shape index (κ2) is 6.56. The van der Waals surface area contributed by atoms with E-state index in [0.29, 0.717) is 24.5 Å². The van der Waals surface area contributed by atoms with Gasteiger partial charge in [-0.2, -0.15) is 5.10 Å². The first-order chi connectivity index (χ1) is 10.1. The second-order valence-electron chi connectivity index (χ2n) is 4.34. The van der Waals surface area contributed by atoms with Crippen LogP contribution in [-0.4, -0.2) is 39.9 Å². The van der Waals surface area contributed by atoms with Gasteiger partial charge in [-0.25, -0.2) is 4.79 Å². The van der Waals surface area contributed by atoms with Gasteiger partial charge in [0.05, 0.1) is 23.9 Å². The summed E-state index contributed by atoms with van der Waals surface area (Å²) < 4.78 is 6.95. The van der Waals surface area contributed by atoms with Crippen molar-refractivity contribution < 1.29 is 19.4 Å². The van der Waals surface area contributed by atoms with Crippen LogP contribution in [0, 0.1) is 0 Å². The second-order valence-corrected chi connectivity index (χ2v) is 4.34. The summed E-state index contributed by atoms with van der Waals surface area (Å²) in [4.78, 5) is 22.4. The fourth-order valence-corrected chi connectivity index (χ4v) is 1.67. The van der Waals surface area contributed by atoms with Crippen LogP contribution < -0.4 is 10.1 Å². The van der Waals surface area contributed by atoms with Crippen LogP contribution in [0.1, 0.15) is 20.7 Å². The molecule has 1 aromatic carbocycles. The Morgan fingerprint density at radius 1 is 1.29 bits per heavy atom. The van der Waals surface area contributed by atoms with Gasteiger partial charge in [-0.15, -0.1) is 0 Å². The number of rotatable bonds is 6. The number of aromatic nitrogens is 2. The molecule has 2 N–H and O–H groups in total. The first-order valence-electron chi connectivity index (χ1n) is 6.29. The Bertz CT molecular complexity index is 634. The van der Waals surface area contributed by atoms with Gasteiger partial charge in [0.2, 0.25) is 0 Å². The van der Waals surface area contributed by atoms with Gasteiger partial charge < -0.3 is 15.2 Å². The van der Waals surface area contributed by atoms with Crippen molar-refractivity contribution >= 4 is 11.9 Å². The minimum absolute atomic E-state index is 0.201. The Labute approximate surface area is 121 Å². The molecule has 0 aliphatic rings. The van der Waals surface area contributed by atoms with Gasteiger partial charge >= 0.3 is 5.97 Å². The van der Waals surface area contributed by atoms with Gasteiger partial charge in [0.15, 0.2) is 0 Å². The molecule has 0 spiro atoms. The lowest BCUT2D eigenvalue weighted by atomic mass is 10.2. The number of hydrogen-bond acceptors (Lipinski definition) is 4. The zero-order chi connectivity index (χ0) is 15.2. The fraction of sp³-hybridized carbons (Fsp3) is 0.214. The molecule has 2 rings (SSSR count). The molecule has 1 amide bonds. The Balaban J connectivity index is 1.74. The maximum absolute atomic E-state index is 11.7. The molecule has 21 heavy (non-hydrogen) atoms. The number of carbonyl (C=O) groups excluding carboxylic acids is 1. The molecular formula is C14H15N3O4. The number of aromatic carboxylic acids is 1. The SMILES string of the molecule is Cn1cc(C(=O)NCCOc2ccc(C(=O)O)cc2)cn1. The third kappa shape index (κ3) is 4.07. The summed E-state index contributed by atoms with van der Waals surface area (Å²) in [5.74, 6) is -0.645. The van der Waals surface area contributed by atoms with E-state index in [1.54, 1.807) is 30.1 Å². The molecule has 1 heterocycles. The van der Waals surface area contributed by atoms with Crippen LogP contribution in [0.5, 0.6) is 5.75 Å². The summed E-state index contributed by atoms with van der Waals surface area (Å²) in [6.07, 6.45) is 3.11. The topological polar surface area (TPSA) is 93.5 Å². The highest BCUT2D eigenvalue weighted by molar-refractivity contribution is 5.93. The minimum atomic E-state index is -0.981. The third-order valence-corrected chi connectivity index (χ3v) is 2.72. The Morgan fingerprint density at radius 3 is 2.57 bits per heavy atom. The Morgan fingerprint density at radius 2 is 2.00 bits per heavy atom. The van der Waals surface area contributed by atoms with E-state index >= 15 is 0 Å². The van der Waals surface area contributed by atoms with Crippen molar-refractivity contribution in [3.8, 4) is 5.75 Å². The molecule has 7 nitrogen and oxygen atoms in total. The molecule has 7 heteroatoms. The van der Waals surface area contributed by atoms with Crippen molar-refractivity contribution in [2.45, 2.75) is 0 Å². The fourth-order valence-electron chi connectivity index (χ4n) is 1.67. The lowest BCUT2D eigenvalue weighted by Crippen LogP contribution is -2.27. The lowest BCUT2D eigenvalue weighted by molar-refractivity contribution is 0.0696. The quantitative estimate of drug-likeness (QED) is 0.771.